The number of ether oxygens (including phenoxy) is 1. The van der Waals surface area contributed by atoms with E-state index in [4.69, 9.17) is 9.72 Å². The molecule has 0 aliphatic carbocycles. The number of nitrogens with zero attached hydrogens (tertiary/aromatic N) is 6. The fraction of sp³-hybridized carbons (Fsp3) is 0.316. The first-order chi connectivity index (χ1) is 13.2. The minimum absolute atomic E-state index is 0.268. The van der Waals surface area contributed by atoms with Crippen molar-refractivity contribution in [3.8, 4) is 22.8 Å². The maximum atomic E-state index is 5.60. The minimum atomic E-state index is 0.268. The first-order valence-corrected chi connectivity index (χ1v) is 9.07. The van der Waals surface area contributed by atoms with Crippen LogP contribution in [0.25, 0.3) is 28.4 Å². The molecule has 1 saturated heterocycles. The summed E-state index contributed by atoms with van der Waals surface area (Å²) in [6.07, 6.45) is 5.53. The van der Waals surface area contributed by atoms with Crippen LogP contribution in [0.15, 0.2) is 43.0 Å². The van der Waals surface area contributed by atoms with Crippen LogP contribution >= 0.6 is 0 Å². The zero-order valence-electron chi connectivity index (χ0n) is 15.3. The van der Waals surface area contributed by atoms with Crippen LogP contribution in [-0.4, -0.2) is 54.9 Å². The molecule has 0 amide bonds. The lowest BCUT2D eigenvalue weighted by atomic mass is 10.2. The fourth-order valence-corrected chi connectivity index (χ4v) is 3.66. The second kappa shape index (κ2) is 6.24. The standard InChI is InChI=1S/C19H21N7O/c1-13-11-27-9-8-25(13)17-10-16(15-5-7-22-24(15)2)26-12-21-18(19(26)23-17)14-4-3-6-20-14/h3-7,10,12-13,20H,8-9,11H2,1-2H3/t13-/m1/s1. The van der Waals surface area contributed by atoms with Gasteiger partial charge in [0.2, 0.25) is 0 Å². The summed E-state index contributed by atoms with van der Waals surface area (Å²) in [5.41, 5.74) is 4.64. The number of nitrogens with one attached hydrogen (secondary N) is 1. The lowest BCUT2D eigenvalue weighted by molar-refractivity contribution is 0.0985. The summed E-state index contributed by atoms with van der Waals surface area (Å²) in [5.74, 6) is 0.933. The lowest BCUT2D eigenvalue weighted by Crippen LogP contribution is -2.44. The average Bonchev–Trinajstić information content (AvgIpc) is 3.41. The van der Waals surface area contributed by atoms with Crippen molar-refractivity contribution in [1.82, 2.24) is 29.1 Å². The number of aromatic amines is 1. The molecule has 1 aliphatic heterocycles. The summed E-state index contributed by atoms with van der Waals surface area (Å²) in [6, 6.07) is 8.38. The van der Waals surface area contributed by atoms with Crippen LogP contribution in [0.5, 0.6) is 0 Å². The summed E-state index contributed by atoms with van der Waals surface area (Å²) in [5, 5.41) is 4.34. The minimum Gasteiger partial charge on any atom is -0.377 e. The van der Waals surface area contributed by atoms with Gasteiger partial charge in [-0.1, -0.05) is 0 Å². The van der Waals surface area contributed by atoms with Crippen LogP contribution in [0.3, 0.4) is 0 Å². The molecule has 138 valence electrons. The van der Waals surface area contributed by atoms with Gasteiger partial charge in [0.1, 0.15) is 17.8 Å². The van der Waals surface area contributed by atoms with Crippen molar-refractivity contribution in [2.75, 3.05) is 24.7 Å². The first kappa shape index (κ1) is 16.1. The highest BCUT2D eigenvalue weighted by Gasteiger charge is 2.23. The quantitative estimate of drug-likeness (QED) is 0.605. The van der Waals surface area contributed by atoms with Gasteiger partial charge in [-0.2, -0.15) is 5.10 Å². The van der Waals surface area contributed by atoms with E-state index in [1.165, 1.54) is 0 Å². The second-order valence-electron chi connectivity index (χ2n) is 6.83. The summed E-state index contributed by atoms with van der Waals surface area (Å²) in [4.78, 5) is 15.2. The Morgan fingerprint density at radius 2 is 2.19 bits per heavy atom. The number of anilines is 1. The van der Waals surface area contributed by atoms with E-state index in [-0.39, 0.29) is 6.04 Å². The zero-order chi connectivity index (χ0) is 18.4. The second-order valence-corrected chi connectivity index (χ2v) is 6.83. The third kappa shape index (κ3) is 2.60. The molecule has 1 N–H and O–H groups in total. The van der Waals surface area contributed by atoms with Gasteiger partial charge in [0, 0.05) is 32.1 Å². The monoisotopic (exact) mass is 363 g/mol. The number of fused-ring (bicyclic) bond motifs is 1. The Morgan fingerprint density at radius 1 is 1.26 bits per heavy atom. The predicted octanol–water partition coefficient (Wildman–Crippen LogP) is 2.35. The molecule has 8 nitrogen and oxygen atoms in total. The number of hydrogen-bond acceptors (Lipinski definition) is 5. The van der Waals surface area contributed by atoms with Gasteiger partial charge in [0.25, 0.3) is 0 Å². The van der Waals surface area contributed by atoms with Crippen LogP contribution in [0, 0.1) is 0 Å². The molecule has 1 atom stereocenters. The van der Waals surface area contributed by atoms with E-state index < -0.39 is 0 Å². The molecule has 8 heteroatoms. The van der Waals surface area contributed by atoms with Crippen LogP contribution in [-0.2, 0) is 11.8 Å². The van der Waals surface area contributed by atoms with E-state index in [0.29, 0.717) is 13.2 Å². The van der Waals surface area contributed by atoms with Crippen molar-refractivity contribution in [2.45, 2.75) is 13.0 Å². The smallest absolute Gasteiger partial charge is 0.169 e. The van der Waals surface area contributed by atoms with Gasteiger partial charge < -0.3 is 14.6 Å². The first-order valence-electron chi connectivity index (χ1n) is 9.07. The van der Waals surface area contributed by atoms with E-state index in [1.54, 1.807) is 6.20 Å². The van der Waals surface area contributed by atoms with Crippen molar-refractivity contribution in [2.24, 2.45) is 7.05 Å². The fourth-order valence-electron chi connectivity index (χ4n) is 3.66. The van der Waals surface area contributed by atoms with E-state index in [9.17, 15) is 0 Å². The Labute approximate surface area is 156 Å². The number of morpholine rings is 1. The van der Waals surface area contributed by atoms with Crippen LogP contribution in [0.1, 0.15) is 6.92 Å². The summed E-state index contributed by atoms with van der Waals surface area (Å²) in [6.45, 7) is 4.40. The normalized spacial score (nSPS) is 17.7. The van der Waals surface area contributed by atoms with Crippen molar-refractivity contribution < 1.29 is 4.74 Å². The number of rotatable bonds is 3. The van der Waals surface area contributed by atoms with Crippen LogP contribution < -0.4 is 4.90 Å². The third-order valence-electron chi connectivity index (χ3n) is 5.09. The van der Waals surface area contributed by atoms with Crippen molar-refractivity contribution in [1.29, 1.82) is 0 Å². The molecule has 0 saturated carbocycles. The lowest BCUT2D eigenvalue weighted by Gasteiger charge is -2.34. The van der Waals surface area contributed by atoms with Gasteiger partial charge in [-0.05, 0) is 25.1 Å². The van der Waals surface area contributed by atoms with Crippen molar-refractivity contribution >= 4 is 11.5 Å². The highest BCUT2D eigenvalue weighted by atomic mass is 16.5. The number of H-pyrrole nitrogens is 1. The van der Waals surface area contributed by atoms with E-state index in [1.807, 2.05) is 46.9 Å². The van der Waals surface area contributed by atoms with Crippen LogP contribution in [0.4, 0.5) is 5.82 Å². The van der Waals surface area contributed by atoms with E-state index >= 15 is 0 Å². The molecule has 27 heavy (non-hydrogen) atoms. The predicted molar refractivity (Wildman–Crippen MR) is 103 cm³/mol. The van der Waals surface area contributed by atoms with Gasteiger partial charge in [-0.25, -0.2) is 9.97 Å². The molecule has 0 unspecified atom stereocenters. The molecular weight excluding hydrogens is 342 g/mol. The van der Waals surface area contributed by atoms with Gasteiger partial charge in [-0.15, -0.1) is 0 Å². The molecule has 5 rings (SSSR count). The topological polar surface area (TPSA) is 76.3 Å². The third-order valence-corrected chi connectivity index (χ3v) is 5.09. The number of aromatic nitrogens is 6. The number of hydrogen-bond donors (Lipinski definition) is 1. The van der Waals surface area contributed by atoms with Crippen molar-refractivity contribution in [3.05, 3.63) is 43.0 Å². The van der Waals surface area contributed by atoms with Crippen molar-refractivity contribution in [3.63, 3.8) is 0 Å². The molecule has 4 aromatic rings. The maximum absolute atomic E-state index is 5.60. The van der Waals surface area contributed by atoms with E-state index in [2.05, 4.69) is 33.0 Å². The molecule has 0 bridgehead atoms. The zero-order valence-corrected chi connectivity index (χ0v) is 15.3. The maximum Gasteiger partial charge on any atom is 0.169 e. The Hall–Kier alpha value is -3.13. The largest absolute Gasteiger partial charge is 0.377 e. The Morgan fingerprint density at radius 3 is 2.93 bits per heavy atom. The molecule has 0 aromatic carbocycles. The summed E-state index contributed by atoms with van der Waals surface area (Å²) < 4.78 is 9.50. The molecule has 1 fully saturated rings. The Balaban J connectivity index is 1.76. The van der Waals surface area contributed by atoms with E-state index in [0.717, 1.165) is 40.8 Å². The molecule has 4 aromatic heterocycles. The van der Waals surface area contributed by atoms with Gasteiger partial charge >= 0.3 is 0 Å². The molecular formula is C19H21N7O. The highest BCUT2D eigenvalue weighted by molar-refractivity contribution is 5.76. The average molecular weight is 363 g/mol. The molecule has 5 heterocycles. The SMILES string of the molecule is C[C@@H]1COCCN1c1cc(-c2ccnn2C)n2cnc(-c3ccc[nH]3)c2n1. The summed E-state index contributed by atoms with van der Waals surface area (Å²) >= 11 is 0. The number of aryl methyl sites for hydroxylation is 1. The molecule has 0 spiro atoms. The molecule has 1 aliphatic rings. The highest BCUT2D eigenvalue weighted by Crippen LogP contribution is 2.30. The summed E-state index contributed by atoms with van der Waals surface area (Å²) in [7, 11) is 1.95. The Kier molecular flexibility index (Phi) is 3.71. The van der Waals surface area contributed by atoms with Gasteiger partial charge in [-0.3, -0.25) is 9.08 Å². The van der Waals surface area contributed by atoms with Gasteiger partial charge in [0.05, 0.1) is 36.3 Å². The number of imidazole rings is 1. The van der Waals surface area contributed by atoms with Crippen LogP contribution in [0.2, 0.25) is 0 Å². The Bertz CT molecular complexity index is 1080. The molecule has 0 radical (unpaired) electrons. The van der Waals surface area contributed by atoms with Gasteiger partial charge in [0.15, 0.2) is 5.65 Å².